The van der Waals surface area contributed by atoms with E-state index in [1.54, 1.807) is 0 Å². The molecule has 102 valence electrons. The van der Waals surface area contributed by atoms with Crippen LogP contribution in [0, 0.1) is 0 Å². The second kappa shape index (κ2) is 6.58. The molecule has 1 aromatic heterocycles. The van der Waals surface area contributed by atoms with E-state index in [2.05, 4.69) is 14.1 Å². The molecule has 5 nitrogen and oxygen atoms in total. The van der Waals surface area contributed by atoms with Crippen LogP contribution in [-0.2, 0) is 0 Å². The molecule has 0 bridgehead atoms. The van der Waals surface area contributed by atoms with Crippen molar-refractivity contribution in [3.63, 3.8) is 0 Å². The lowest BCUT2D eigenvalue weighted by molar-refractivity contribution is 0.288. The molecule has 0 spiro atoms. The summed E-state index contributed by atoms with van der Waals surface area (Å²) >= 11 is 6.95. The topological polar surface area (TPSA) is 56.3 Å². The van der Waals surface area contributed by atoms with Crippen molar-refractivity contribution >= 4 is 34.8 Å². The molecule has 0 aliphatic rings. The van der Waals surface area contributed by atoms with Crippen LogP contribution in [0.5, 0.6) is 11.5 Å². The number of nitrogens with zero attached hydrogens (tertiary/aromatic N) is 2. The number of benzene rings is 1. The molecule has 0 radical (unpaired) electrons. The van der Waals surface area contributed by atoms with Crippen molar-refractivity contribution in [2.45, 2.75) is 13.8 Å². The van der Waals surface area contributed by atoms with Crippen LogP contribution < -0.4 is 14.8 Å². The number of aromatic nitrogens is 2. The Bertz CT molecular complexity index is 548. The van der Waals surface area contributed by atoms with E-state index < -0.39 is 0 Å². The Morgan fingerprint density at radius 2 is 1.89 bits per heavy atom. The van der Waals surface area contributed by atoms with Gasteiger partial charge in [-0.05, 0) is 26.0 Å². The number of rotatable bonds is 6. The second-order valence-corrected chi connectivity index (χ2v) is 4.44. The van der Waals surface area contributed by atoms with E-state index in [4.69, 9.17) is 21.1 Å². The van der Waals surface area contributed by atoms with Gasteiger partial charge in [-0.2, -0.15) is 8.75 Å². The molecular formula is C12H14ClN3O2S. The summed E-state index contributed by atoms with van der Waals surface area (Å²) in [6, 6.07) is 5.58. The van der Waals surface area contributed by atoms with E-state index in [0.29, 0.717) is 29.9 Å². The Hall–Kier alpha value is -1.53. The number of ether oxygens (including phenoxy) is 2. The normalized spacial score (nSPS) is 10.3. The fourth-order valence-electron chi connectivity index (χ4n) is 1.52. The Balaban J connectivity index is 2.22. The summed E-state index contributed by atoms with van der Waals surface area (Å²) in [4.78, 5) is 0. The highest BCUT2D eigenvalue weighted by molar-refractivity contribution is 6.99. The van der Waals surface area contributed by atoms with Crippen LogP contribution in [0.25, 0.3) is 0 Å². The van der Waals surface area contributed by atoms with E-state index in [0.717, 1.165) is 23.2 Å². The van der Waals surface area contributed by atoms with E-state index in [1.807, 2.05) is 32.0 Å². The summed E-state index contributed by atoms with van der Waals surface area (Å²) in [5.41, 5.74) is 0.821. The average molecular weight is 300 g/mol. The molecule has 19 heavy (non-hydrogen) atoms. The summed E-state index contributed by atoms with van der Waals surface area (Å²) in [6.07, 6.45) is 0. The SMILES string of the molecule is CCOc1ccc(Nc2nsnc2Cl)cc1OCC. The predicted molar refractivity (Wildman–Crippen MR) is 77.0 cm³/mol. The minimum absolute atomic E-state index is 0.358. The fourth-order valence-corrected chi connectivity index (χ4v) is 2.16. The lowest BCUT2D eigenvalue weighted by atomic mass is 10.2. The second-order valence-electron chi connectivity index (χ2n) is 3.56. The third-order valence-electron chi connectivity index (χ3n) is 2.25. The molecule has 0 unspecified atom stereocenters. The average Bonchev–Trinajstić information content (AvgIpc) is 2.79. The monoisotopic (exact) mass is 299 g/mol. The molecule has 1 aromatic carbocycles. The highest BCUT2D eigenvalue weighted by Gasteiger charge is 2.09. The van der Waals surface area contributed by atoms with Gasteiger partial charge in [0.2, 0.25) is 0 Å². The van der Waals surface area contributed by atoms with Gasteiger partial charge >= 0.3 is 0 Å². The highest BCUT2D eigenvalue weighted by atomic mass is 35.5. The first kappa shape index (κ1) is 13.9. The third kappa shape index (κ3) is 3.48. The van der Waals surface area contributed by atoms with Gasteiger partial charge < -0.3 is 14.8 Å². The molecule has 0 amide bonds. The van der Waals surface area contributed by atoms with Crippen LogP contribution in [0.1, 0.15) is 13.8 Å². The molecule has 7 heteroatoms. The van der Waals surface area contributed by atoms with Gasteiger partial charge in [0, 0.05) is 11.8 Å². The molecule has 0 atom stereocenters. The largest absolute Gasteiger partial charge is 0.490 e. The van der Waals surface area contributed by atoms with Gasteiger partial charge in [0.15, 0.2) is 22.5 Å². The molecule has 2 rings (SSSR count). The molecule has 0 aliphatic carbocycles. The quantitative estimate of drug-likeness (QED) is 0.880. The van der Waals surface area contributed by atoms with Gasteiger partial charge in [-0.15, -0.1) is 0 Å². The zero-order chi connectivity index (χ0) is 13.7. The predicted octanol–water partition coefficient (Wildman–Crippen LogP) is 3.73. The number of hydrogen-bond donors (Lipinski definition) is 1. The zero-order valence-electron chi connectivity index (χ0n) is 10.6. The first-order valence-electron chi connectivity index (χ1n) is 5.89. The Morgan fingerprint density at radius 1 is 1.16 bits per heavy atom. The van der Waals surface area contributed by atoms with Crippen LogP contribution in [0.15, 0.2) is 18.2 Å². The molecule has 1 heterocycles. The van der Waals surface area contributed by atoms with Crippen LogP contribution >= 0.6 is 23.3 Å². The van der Waals surface area contributed by atoms with Crippen molar-refractivity contribution in [2.24, 2.45) is 0 Å². The van der Waals surface area contributed by atoms with Gasteiger partial charge in [0.05, 0.1) is 24.9 Å². The number of anilines is 2. The smallest absolute Gasteiger partial charge is 0.187 e. The molecular weight excluding hydrogens is 286 g/mol. The van der Waals surface area contributed by atoms with Gasteiger partial charge in [0.1, 0.15) is 0 Å². The number of halogens is 1. The van der Waals surface area contributed by atoms with Crippen molar-refractivity contribution < 1.29 is 9.47 Å². The van der Waals surface area contributed by atoms with Gasteiger partial charge in [-0.1, -0.05) is 11.6 Å². The van der Waals surface area contributed by atoms with E-state index in [9.17, 15) is 0 Å². The Kier molecular flexibility index (Phi) is 4.81. The summed E-state index contributed by atoms with van der Waals surface area (Å²) in [5.74, 6) is 1.95. The maximum absolute atomic E-state index is 5.89. The van der Waals surface area contributed by atoms with Crippen LogP contribution in [0.3, 0.4) is 0 Å². The van der Waals surface area contributed by atoms with Crippen LogP contribution in [0.2, 0.25) is 5.15 Å². The first-order valence-corrected chi connectivity index (χ1v) is 7.00. The van der Waals surface area contributed by atoms with Crippen molar-refractivity contribution in [3.8, 4) is 11.5 Å². The van der Waals surface area contributed by atoms with Crippen molar-refractivity contribution in [2.75, 3.05) is 18.5 Å². The van der Waals surface area contributed by atoms with E-state index in [1.165, 1.54) is 0 Å². The Labute approximate surface area is 120 Å². The highest BCUT2D eigenvalue weighted by Crippen LogP contribution is 2.32. The number of nitrogens with one attached hydrogen (secondary N) is 1. The van der Waals surface area contributed by atoms with Crippen molar-refractivity contribution in [3.05, 3.63) is 23.4 Å². The summed E-state index contributed by atoms with van der Waals surface area (Å²) < 4.78 is 19.0. The van der Waals surface area contributed by atoms with Gasteiger partial charge in [-0.25, -0.2) is 0 Å². The molecule has 0 aliphatic heterocycles. The molecule has 0 saturated carbocycles. The van der Waals surface area contributed by atoms with Crippen LogP contribution in [-0.4, -0.2) is 22.0 Å². The fraction of sp³-hybridized carbons (Fsp3) is 0.333. The summed E-state index contributed by atoms with van der Waals surface area (Å²) in [5, 5.41) is 3.45. The minimum Gasteiger partial charge on any atom is -0.490 e. The lowest BCUT2D eigenvalue weighted by Crippen LogP contribution is -1.99. The van der Waals surface area contributed by atoms with Crippen molar-refractivity contribution in [1.29, 1.82) is 0 Å². The van der Waals surface area contributed by atoms with Crippen LogP contribution in [0.4, 0.5) is 11.5 Å². The molecule has 2 aromatic rings. The standard InChI is InChI=1S/C12H14ClN3O2S/c1-3-17-9-6-5-8(7-10(9)18-4-2)14-12-11(13)15-19-16-12/h5-7H,3-4H2,1-2H3,(H,14,16). The first-order chi connectivity index (χ1) is 9.24. The zero-order valence-corrected chi connectivity index (χ0v) is 12.2. The maximum Gasteiger partial charge on any atom is 0.187 e. The van der Waals surface area contributed by atoms with E-state index in [-0.39, 0.29) is 0 Å². The minimum atomic E-state index is 0.358. The summed E-state index contributed by atoms with van der Waals surface area (Å²) in [6.45, 7) is 5.02. The molecule has 1 N–H and O–H groups in total. The van der Waals surface area contributed by atoms with Gasteiger partial charge in [-0.3, -0.25) is 0 Å². The number of hydrogen-bond acceptors (Lipinski definition) is 6. The van der Waals surface area contributed by atoms with Gasteiger partial charge in [0.25, 0.3) is 0 Å². The van der Waals surface area contributed by atoms with Crippen molar-refractivity contribution in [1.82, 2.24) is 8.75 Å². The maximum atomic E-state index is 5.89. The van der Waals surface area contributed by atoms with E-state index >= 15 is 0 Å². The third-order valence-corrected chi connectivity index (χ3v) is 3.15. The molecule has 0 saturated heterocycles. The molecule has 0 fully saturated rings. The Morgan fingerprint density at radius 3 is 2.53 bits per heavy atom. The summed E-state index contributed by atoms with van der Waals surface area (Å²) in [7, 11) is 0. The lowest BCUT2D eigenvalue weighted by Gasteiger charge is -2.12.